The van der Waals surface area contributed by atoms with Crippen LogP contribution in [0.25, 0.3) is 11.1 Å². The molecule has 0 spiro atoms. The van der Waals surface area contributed by atoms with E-state index in [9.17, 15) is 19.8 Å². The molecule has 0 fully saturated rings. The highest BCUT2D eigenvalue weighted by Gasteiger charge is 2.00. The van der Waals surface area contributed by atoms with Crippen molar-refractivity contribution in [2.24, 2.45) is 0 Å². The van der Waals surface area contributed by atoms with Gasteiger partial charge in [-0.2, -0.15) is 0 Å². The number of rotatable bonds is 5. The minimum absolute atomic E-state index is 0.102. The van der Waals surface area contributed by atoms with Gasteiger partial charge in [0.1, 0.15) is 12.1 Å². The maximum Gasteiger partial charge on any atom is 0.107 e. The molecule has 4 rings (SSSR count). The molecule has 0 aliphatic rings. The molecule has 0 bridgehead atoms. The molecule has 2 atom stereocenters. The molecule has 186 valence electrons. The number of hydrogen-bond acceptors (Lipinski definition) is 4. The van der Waals surface area contributed by atoms with Gasteiger partial charge in [-0.3, -0.25) is 0 Å². The Balaban J connectivity index is 0.000000212. The van der Waals surface area contributed by atoms with Crippen molar-refractivity contribution in [1.82, 2.24) is 0 Å². The first-order valence-corrected chi connectivity index (χ1v) is 11.6. The third-order valence-corrected chi connectivity index (χ3v) is 5.31. The zero-order valence-corrected chi connectivity index (χ0v) is 20.6. The first-order valence-electron chi connectivity index (χ1n) is 11.6. The number of carboxylic acids is 2. The lowest BCUT2D eigenvalue weighted by molar-refractivity contribution is -0.420. The number of quaternary nitrogens is 2. The first kappa shape index (κ1) is 28.0. The monoisotopic (exact) mass is 484 g/mol. The summed E-state index contributed by atoms with van der Waals surface area (Å²) >= 11 is 0. The maximum absolute atomic E-state index is 10.6. The molecule has 0 saturated heterocycles. The first-order chi connectivity index (χ1) is 17.2. The van der Waals surface area contributed by atoms with Crippen molar-refractivity contribution < 1.29 is 31.3 Å². The fraction of sp³-hybridized carbons (Fsp3) is 0.133. The zero-order valence-electron chi connectivity index (χ0n) is 20.6. The van der Waals surface area contributed by atoms with Crippen molar-refractivity contribution in [3.05, 3.63) is 131 Å². The van der Waals surface area contributed by atoms with Crippen molar-refractivity contribution in [2.75, 3.05) is 0 Å². The van der Waals surface area contributed by atoms with Crippen molar-refractivity contribution >= 4 is 11.9 Å². The van der Waals surface area contributed by atoms with E-state index in [1.54, 1.807) is 24.3 Å². The molecule has 0 saturated carbocycles. The van der Waals surface area contributed by atoms with Gasteiger partial charge in [-0.25, -0.2) is 0 Å². The smallest absolute Gasteiger partial charge is 0.107 e. The number of benzene rings is 4. The molecule has 0 aliphatic heterocycles. The maximum atomic E-state index is 10.6. The molecule has 6 nitrogen and oxygen atoms in total. The predicted octanol–water partition coefficient (Wildman–Crippen LogP) is 2.06. The fourth-order valence-corrected chi connectivity index (χ4v) is 3.16. The summed E-state index contributed by atoms with van der Waals surface area (Å²) in [6.45, 7) is 4.19. The average molecular weight is 485 g/mol. The van der Waals surface area contributed by atoms with E-state index in [0.717, 1.165) is 11.1 Å². The molecule has 0 radical (unpaired) electrons. The zero-order chi connectivity index (χ0) is 26.5. The highest BCUT2D eigenvalue weighted by Crippen LogP contribution is 2.20. The summed E-state index contributed by atoms with van der Waals surface area (Å²) in [6.07, 6.45) is 0. The van der Waals surface area contributed by atoms with Gasteiger partial charge in [-0.15, -0.1) is 0 Å². The van der Waals surface area contributed by atoms with Crippen LogP contribution in [-0.4, -0.2) is 11.9 Å². The second-order valence-corrected chi connectivity index (χ2v) is 8.35. The van der Waals surface area contributed by atoms with E-state index < -0.39 is 11.9 Å². The molecule has 0 heterocycles. The van der Waals surface area contributed by atoms with Crippen LogP contribution in [0.3, 0.4) is 0 Å². The van der Waals surface area contributed by atoms with Crippen LogP contribution in [0.1, 0.15) is 57.8 Å². The number of hydrogen-bond donors (Lipinski definition) is 2. The molecule has 0 aromatic heterocycles. The van der Waals surface area contributed by atoms with Gasteiger partial charge in [0.25, 0.3) is 0 Å². The van der Waals surface area contributed by atoms with Crippen LogP contribution >= 0.6 is 0 Å². The summed E-state index contributed by atoms with van der Waals surface area (Å²) in [5, 5.41) is 21.2. The summed E-state index contributed by atoms with van der Waals surface area (Å²) in [5.41, 5.74) is 12.2. The Kier molecular flexibility index (Phi) is 11.0. The van der Waals surface area contributed by atoms with E-state index in [-0.39, 0.29) is 11.1 Å². The molecule has 4 aromatic carbocycles. The largest absolute Gasteiger partial charge is 0.545 e. The van der Waals surface area contributed by atoms with E-state index >= 15 is 0 Å². The minimum atomic E-state index is -1.23. The number of carbonyl (C=O) groups excluding carboxylic acids is 2. The van der Waals surface area contributed by atoms with E-state index in [0.29, 0.717) is 12.1 Å². The minimum Gasteiger partial charge on any atom is -0.545 e. The van der Waals surface area contributed by atoms with Gasteiger partial charge in [0, 0.05) is 11.1 Å². The lowest BCUT2D eigenvalue weighted by Crippen LogP contribution is -2.51. The van der Waals surface area contributed by atoms with Gasteiger partial charge in [0.15, 0.2) is 0 Å². The molecule has 6 heteroatoms. The molecule has 0 amide bonds. The van der Waals surface area contributed by atoms with Crippen LogP contribution in [0.2, 0.25) is 0 Å². The van der Waals surface area contributed by atoms with Crippen LogP contribution in [0.5, 0.6) is 0 Å². The Labute approximate surface area is 211 Å². The summed E-state index contributed by atoms with van der Waals surface area (Å²) in [7, 11) is 0. The Bertz CT molecular complexity index is 1110. The van der Waals surface area contributed by atoms with Crippen LogP contribution in [0.4, 0.5) is 0 Å². The molecule has 0 aliphatic carbocycles. The fourth-order valence-electron chi connectivity index (χ4n) is 3.16. The normalized spacial score (nSPS) is 11.6. The van der Waals surface area contributed by atoms with Crippen molar-refractivity contribution in [2.45, 2.75) is 25.9 Å². The summed E-state index contributed by atoms with van der Waals surface area (Å²) < 4.78 is 0. The third kappa shape index (κ3) is 9.18. The number of carboxylic acid groups (broad SMARTS) is 2. The van der Waals surface area contributed by atoms with Gasteiger partial charge >= 0.3 is 0 Å². The van der Waals surface area contributed by atoms with E-state index in [2.05, 4.69) is 49.6 Å². The van der Waals surface area contributed by atoms with Crippen LogP contribution < -0.4 is 21.7 Å². The second-order valence-electron chi connectivity index (χ2n) is 8.35. The van der Waals surface area contributed by atoms with Crippen LogP contribution in [-0.2, 0) is 0 Å². The summed E-state index contributed by atoms with van der Waals surface area (Å²) in [4.78, 5) is 21.2. The van der Waals surface area contributed by atoms with Gasteiger partial charge in [0.05, 0.1) is 11.9 Å². The topological polar surface area (TPSA) is 136 Å². The summed E-state index contributed by atoms with van der Waals surface area (Å²) in [6, 6.07) is 33.7. The summed E-state index contributed by atoms with van der Waals surface area (Å²) in [5.74, 6) is -2.46. The molecule has 4 aromatic rings. The molecule has 6 N–H and O–H groups in total. The van der Waals surface area contributed by atoms with Gasteiger partial charge in [0.2, 0.25) is 0 Å². The number of carbonyl (C=O) groups is 2. The molecule has 36 heavy (non-hydrogen) atoms. The predicted molar refractivity (Wildman–Crippen MR) is 136 cm³/mol. The van der Waals surface area contributed by atoms with Gasteiger partial charge in [-0.1, -0.05) is 109 Å². The Morgan fingerprint density at radius 3 is 1.00 bits per heavy atom. The Morgan fingerprint density at radius 2 is 0.806 bits per heavy atom. The molecular formula is C30H32N2O4. The standard InChI is InChI=1S/C14H10O4.2C8H11N/c15-13(16)11-5-1-9(2-6-11)10-3-7-12(8-4-10)14(17)18;2*1-7(9)8-5-3-2-4-6-8/h1-8H,(H,15,16)(H,17,18);2*2-7H,9H2,1H3/t;2*7-/m.11/s1. The molecular weight excluding hydrogens is 452 g/mol. The van der Waals surface area contributed by atoms with Gasteiger partial charge < -0.3 is 31.3 Å². The van der Waals surface area contributed by atoms with Gasteiger partial charge in [-0.05, 0) is 36.1 Å². The Hall–Kier alpha value is -4.26. The lowest BCUT2D eigenvalue weighted by Gasteiger charge is -2.07. The highest BCUT2D eigenvalue weighted by atomic mass is 16.4. The second kappa shape index (κ2) is 14.2. The Morgan fingerprint density at radius 1 is 0.528 bits per heavy atom. The van der Waals surface area contributed by atoms with E-state index in [1.165, 1.54) is 35.4 Å². The lowest BCUT2D eigenvalue weighted by atomic mass is 10.0. The van der Waals surface area contributed by atoms with Crippen LogP contribution in [0, 0.1) is 0 Å². The van der Waals surface area contributed by atoms with E-state index in [1.807, 2.05) is 36.4 Å². The van der Waals surface area contributed by atoms with Crippen molar-refractivity contribution in [3.63, 3.8) is 0 Å². The van der Waals surface area contributed by atoms with Crippen LogP contribution in [0.15, 0.2) is 109 Å². The molecule has 0 unspecified atom stereocenters. The highest BCUT2D eigenvalue weighted by molar-refractivity contribution is 5.88. The average Bonchev–Trinajstić information content (AvgIpc) is 2.90. The van der Waals surface area contributed by atoms with Crippen molar-refractivity contribution in [3.8, 4) is 11.1 Å². The quantitative estimate of drug-likeness (QED) is 0.448. The third-order valence-electron chi connectivity index (χ3n) is 5.31. The van der Waals surface area contributed by atoms with Crippen molar-refractivity contribution in [1.29, 1.82) is 0 Å². The SMILES string of the molecule is C[C@@H]([NH3+])c1ccccc1.C[C@@H]([NH3+])c1ccccc1.O=C([O-])c1ccc(-c2ccc(C(=O)[O-])cc2)cc1. The number of aromatic carboxylic acids is 2. The van der Waals surface area contributed by atoms with E-state index in [4.69, 9.17) is 0 Å².